The Hall–Kier alpha value is -1.79. The molecule has 6 nitrogen and oxygen atoms in total. The minimum Gasteiger partial charge on any atom is -0.508 e. The number of nitrogens with zero attached hydrogens (tertiary/aromatic N) is 1. The van der Waals surface area contributed by atoms with Gasteiger partial charge in [-0.3, -0.25) is 9.69 Å². The van der Waals surface area contributed by atoms with Crippen LogP contribution in [0, 0.1) is 0 Å². The van der Waals surface area contributed by atoms with Crippen molar-refractivity contribution in [1.29, 1.82) is 0 Å². The molecule has 1 aromatic carbocycles. The molecule has 0 amide bonds. The van der Waals surface area contributed by atoms with E-state index < -0.39 is 18.1 Å². The Morgan fingerprint density at radius 2 is 2.11 bits per heavy atom. The van der Waals surface area contributed by atoms with Crippen LogP contribution in [0.3, 0.4) is 0 Å². The summed E-state index contributed by atoms with van der Waals surface area (Å²) in [6, 6.07) is 3.66. The van der Waals surface area contributed by atoms with E-state index in [9.17, 15) is 20.1 Å². The van der Waals surface area contributed by atoms with Gasteiger partial charge in [-0.25, -0.2) is 0 Å². The lowest BCUT2D eigenvalue weighted by Crippen LogP contribution is -2.37. The molecular formula is C13H17NO5. The Balaban J connectivity index is 1.99. The van der Waals surface area contributed by atoms with Crippen LogP contribution in [-0.2, 0) is 11.2 Å². The number of carboxylic acids is 1. The molecule has 1 aliphatic rings. The quantitative estimate of drug-likeness (QED) is 0.620. The topological polar surface area (TPSA) is 101 Å². The minimum absolute atomic E-state index is 0.00776. The van der Waals surface area contributed by atoms with E-state index in [4.69, 9.17) is 5.11 Å². The molecule has 0 spiro atoms. The van der Waals surface area contributed by atoms with Gasteiger partial charge in [0.1, 0.15) is 17.5 Å². The first-order valence-corrected chi connectivity index (χ1v) is 6.13. The van der Waals surface area contributed by atoms with Crippen molar-refractivity contribution in [2.75, 3.05) is 13.1 Å². The number of hydrogen-bond donors (Lipinski definition) is 4. The number of aliphatic carboxylic acids is 1. The van der Waals surface area contributed by atoms with Gasteiger partial charge in [-0.2, -0.15) is 0 Å². The van der Waals surface area contributed by atoms with E-state index in [1.165, 1.54) is 12.1 Å². The van der Waals surface area contributed by atoms with Gasteiger partial charge in [-0.05, 0) is 18.1 Å². The summed E-state index contributed by atoms with van der Waals surface area (Å²) in [5.74, 6) is -0.959. The lowest BCUT2D eigenvalue weighted by atomic mass is 10.1. The number of carbonyl (C=O) groups is 1. The van der Waals surface area contributed by atoms with Crippen molar-refractivity contribution in [3.63, 3.8) is 0 Å². The van der Waals surface area contributed by atoms with E-state index >= 15 is 0 Å². The zero-order valence-corrected chi connectivity index (χ0v) is 10.4. The van der Waals surface area contributed by atoms with Gasteiger partial charge >= 0.3 is 5.97 Å². The highest BCUT2D eigenvalue weighted by molar-refractivity contribution is 5.74. The van der Waals surface area contributed by atoms with Crippen LogP contribution in [0.25, 0.3) is 0 Å². The molecule has 0 saturated carbocycles. The van der Waals surface area contributed by atoms with Gasteiger partial charge in [0.15, 0.2) is 0 Å². The Morgan fingerprint density at radius 3 is 2.74 bits per heavy atom. The molecule has 0 aliphatic carbocycles. The molecule has 0 radical (unpaired) electrons. The molecule has 1 aromatic rings. The molecule has 4 N–H and O–H groups in total. The molecule has 1 aliphatic heterocycles. The number of benzene rings is 1. The summed E-state index contributed by atoms with van der Waals surface area (Å²) in [4.78, 5) is 12.7. The van der Waals surface area contributed by atoms with Gasteiger partial charge in [-0.1, -0.05) is 6.07 Å². The molecule has 1 saturated heterocycles. The number of likely N-dealkylation sites (tertiary alicyclic amines) is 1. The fraction of sp³-hybridized carbons (Fsp3) is 0.462. The number of hydrogen-bond acceptors (Lipinski definition) is 5. The van der Waals surface area contributed by atoms with E-state index in [0.29, 0.717) is 25.1 Å². The van der Waals surface area contributed by atoms with Crippen LogP contribution in [0.5, 0.6) is 11.5 Å². The summed E-state index contributed by atoms with van der Waals surface area (Å²) < 4.78 is 0. The molecule has 2 atom stereocenters. The standard InChI is InChI=1S/C13H17NO5/c15-9-2-1-8(12(17)6-9)3-4-14-7-10(16)5-11(14)13(18)19/h1-2,6,10-11,15-17H,3-5,7H2,(H,18,19). The van der Waals surface area contributed by atoms with E-state index in [2.05, 4.69) is 0 Å². The van der Waals surface area contributed by atoms with E-state index in [-0.39, 0.29) is 17.9 Å². The smallest absolute Gasteiger partial charge is 0.321 e. The predicted octanol–water partition coefficient (Wildman–Crippen LogP) is 0.160. The summed E-state index contributed by atoms with van der Waals surface area (Å²) in [7, 11) is 0. The third-order valence-electron chi connectivity index (χ3n) is 3.40. The summed E-state index contributed by atoms with van der Waals surface area (Å²) in [6.07, 6.45) is 0.0778. The highest BCUT2D eigenvalue weighted by atomic mass is 16.4. The minimum atomic E-state index is -0.938. The molecule has 1 heterocycles. The molecule has 0 aromatic heterocycles. The first kappa shape index (κ1) is 13.6. The van der Waals surface area contributed by atoms with Crippen LogP contribution < -0.4 is 0 Å². The van der Waals surface area contributed by atoms with Crippen molar-refractivity contribution in [2.24, 2.45) is 0 Å². The first-order valence-electron chi connectivity index (χ1n) is 6.13. The van der Waals surface area contributed by atoms with Gasteiger partial charge in [0.2, 0.25) is 0 Å². The number of β-amino-alcohol motifs (C(OH)–C–C–N with tert-alkyl or cyclic N) is 1. The van der Waals surface area contributed by atoms with Crippen molar-refractivity contribution in [1.82, 2.24) is 4.90 Å². The molecule has 2 rings (SSSR count). The summed E-state index contributed by atoms with van der Waals surface area (Å²) in [5, 5.41) is 37.4. The molecule has 6 heteroatoms. The molecule has 1 fully saturated rings. The van der Waals surface area contributed by atoms with Crippen LogP contribution in [-0.4, -0.2) is 56.5 Å². The maximum Gasteiger partial charge on any atom is 0.321 e. The second-order valence-corrected chi connectivity index (χ2v) is 4.80. The highest BCUT2D eigenvalue weighted by Crippen LogP contribution is 2.24. The molecule has 2 unspecified atom stereocenters. The van der Waals surface area contributed by atoms with E-state index in [1.54, 1.807) is 11.0 Å². The normalized spacial score (nSPS) is 23.6. The predicted molar refractivity (Wildman–Crippen MR) is 67.1 cm³/mol. The third kappa shape index (κ3) is 3.15. The second kappa shape index (κ2) is 5.46. The lowest BCUT2D eigenvalue weighted by Gasteiger charge is -2.20. The van der Waals surface area contributed by atoms with Crippen LogP contribution in [0.15, 0.2) is 18.2 Å². The molecule has 104 valence electrons. The third-order valence-corrected chi connectivity index (χ3v) is 3.40. The number of rotatable bonds is 4. The van der Waals surface area contributed by atoms with Crippen molar-refractivity contribution >= 4 is 5.97 Å². The van der Waals surface area contributed by atoms with Crippen LogP contribution in [0.2, 0.25) is 0 Å². The fourth-order valence-electron chi connectivity index (χ4n) is 2.41. The Bertz CT molecular complexity index is 476. The average Bonchev–Trinajstić information content (AvgIpc) is 2.69. The van der Waals surface area contributed by atoms with Gasteiger partial charge < -0.3 is 20.4 Å². The Morgan fingerprint density at radius 1 is 1.37 bits per heavy atom. The maximum atomic E-state index is 11.0. The number of phenolic OH excluding ortho intramolecular Hbond substituents is 2. The highest BCUT2D eigenvalue weighted by Gasteiger charge is 2.35. The fourth-order valence-corrected chi connectivity index (χ4v) is 2.41. The first-order chi connectivity index (χ1) is 8.97. The SMILES string of the molecule is O=C(O)C1CC(O)CN1CCc1ccc(O)cc1O. The number of carboxylic acid groups (broad SMARTS) is 1. The lowest BCUT2D eigenvalue weighted by molar-refractivity contribution is -0.142. The van der Waals surface area contributed by atoms with Crippen molar-refractivity contribution < 1.29 is 25.2 Å². The Kier molecular flexibility index (Phi) is 3.92. The summed E-state index contributed by atoms with van der Waals surface area (Å²) >= 11 is 0. The van der Waals surface area contributed by atoms with Gasteiger partial charge in [0.25, 0.3) is 0 Å². The second-order valence-electron chi connectivity index (χ2n) is 4.80. The molecule has 0 bridgehead atoms. The molecule has 19 heavy (non-hydrogen) atoms. The van der Waals surface area contributed by atoms with E-state index in [1.807, 2.05) is 0 Å². The van der Waals surface area contributed by atoms with Crippen LogP contribution in [0.4, 0.5) is 0 Å². The van der Waals surface area contributed by atoms with Crippen molar-refractivity contribution in [3.05, 3.63) is 23.8 Å². The Labute approximate surface area is 110 Å². The monoisotopic (exact) mass is 267 g/mol. The van der Waals surface area contributed by atoms with Crippen LogP contribution >= 0.6 is 0 Å². The zero-order chi connectivity index (χ0) is 14.0. The average molecular weight is 267 g/mol. The van der Waals surface area contributed by atoms with Crippen molar-refractivity contribution in [2.45, 2.75) is 25.0 Å². The van der Waals surface area contributed by atoms with Gasteiger partial charge in [0.05, 0.1) is 6.10 Å². The largest absolute Gasteiger partial charge is 0.508 e. The number of aliphatic hydroxyl groups is 1. The number of aromatic hydroxyl groups is 2. The zero-order valence-electron chi connectivity index (χ0n) is 10.4. The van der Waals surface area contributed by atoms with Gasteiger partial charge in [-0.15, -0.1) is 0 Å². The van der Waals surface area contributed by atoms with Gasteiger partial charge in [0, 0.05) is 25.6 Å². The summed E-state index contributed by atoms with van der Waals surface area (Å²) in [6.45, 7) is 0.766. The summed E-state index contributed by atoms with van der Waals surface area (Å²) in [5.41, 5.74) is 0.642. The number of phenols is 2. The number of aliphatic hydroxyl groups excluding tert-OH is 1. The van der Waals surface area contributed by atoms with E-state index in [0.717, 1.165) is 0 Å². The van der Waals surface area contributed by atoms with Crippen LogP contribution in [0.1, 0.15) is 12.0 Å². The maximum absolute atomic E-state index is 11.0. The molecular weight excluding hydrogens is 250 g/mol. The van der Waals surface area contributed by atoms with Crippen molar-refractivity contribution in [3.8, 4) is 11.5 Å².